The first-order chi connectivity index (χ1) is 66.7. The van der Waals surface area contributed by atoms with Gasteiger partial charge < -0.3 is 22.1 Å². The Morgan fingerprint density at radius 2 is 0.530 bits per heavy atom. The van der Waals surface area contributed by atoms with Crippen LogP contribution in [0.5, 0.6) is 0 Å². The van der Waals surface area contributed by atoms with Crippen LogP contribution in [-0.4, -0.2) is 24.9 Å². The Labute approximate surface area is 791 Å². The van der Waals surface area contributed by atoms with Crippen molar-refractivity contribution in [3.8, 4) is 56.3 Å². The molecule has 15 heteroatoms. The zero-order valence-corrected chi connectivity index (χ0v) is 81.3. The van der Waals surface area contributed by atoms with Gasteiger partial charge in [-0.05, 0) is 248 Å². The number of aryl methyl sites for hydroxylation is 20. The minimum absolute atomic E-state index is 0.232. The minimum atomic E-state index is -1.70. The van der Waals surface area contributed by atoms with Crippen molar-refractivity contribution >= 4 is 110 Å². The molecular formula is C117H129N10O5+5. The first-order valence-corrected chi connectivity index (χ1v) is 45.9. The lowest BCUT2D eigenvalue weighted by molar-refractivity contribution is -0.661. The van der Waals surface area contributed by atoms with Crippen molar-refractivity contribution < 1.29 is 58.6 Å². The van der Waals surface area contributed by atoms with E-state index in [2.05, 4.69) is 220 Å². The molecule has 132 heavy (non-hydrogen) atoms. The molecule has 15 heterocycles. The van der Waals surface area contributed by atoms with Gasteiger partial charge in [-0.1, -0.05) is 144 Å². The zero-order chi connectivity index (χ0) is 103. The summed E-state index contributed by atoms with van der Waals surface area (Å²) in [7, 11) is 9.95. The average molecular weight is 1770 g/mol. The standard InChI is InChI=1S/2C24H27N2O.3C23H25N2O/c1-7-17-12-21(26(6)13-20(17)14(2)3)22-15(4)8-10-18-19-11-9-16(5)25-24(19)27-23(18)22;1-6-18-9-11-20-19-10-7-16(4)22(23(19)27-24(20)25-18)21-12-8-17(13-15(2)3)14-26(21)5;1-14(2)12-17-8-11-20(25(5)13-17)21-15(3)6-9-18-19-10-7-16(4)24-23(19)26-22(18)21;2*1-6-16-12-20(25(5)13-17(16)7-2)21-14(3)8-10-18-19-11-9-15(4)24-23(19)26-22(18)21/h8-14H,7H2,1-6H3;7-12,14-15H,6,13H2,1-5H3;6-11,13-14H,12H2,1-5H3;2*8-13H,6-7H2,1-5H3/q5*+1/i7D2;;;2*6D2,7D2. The number of hydrogen-bond acceptors (Lipinski definition) is 10. The molecule has 15 nitrogen and oxygen atoms in total. The Bertz CT molecular complexity index is 8160. The van der Waals surface area contributed by atoms with Crippen LogP contribution in [0.25, 0.3) is 167 Å². The maximum absolute atomic E-state index is 8.39. The van der Waals surface area contributed by atoms with E-state index in [1.165, 1.54) is 55.6 Å². The number of benzene rings is 5. The predicted molar refractivity (Wildman–Crippen MR) is 541 cm³/mol. The second kappa shape index (κ2) is 38.2. The lowest BCUT2D eigenvalue weighted by Gasteiger charge is -2.13. The van der Waals surface area contributed by atoms with E-state index in [0.29, 0.717) is 68.1 Å². The summed E-state index contributed by atoms with van der Waals surface area (Å²) in [6, 6.07) is 55.7. The van der Waals surface area contributed by atoms with E-state index in [9.17, 15) is 0 Å². The topological polar surface area (TPSA) is 150 Å². The van der Waals surface area contributed by atoms with E-state index in [0.717, 1.165) is 202 Å². The third-order valence-corrected chi connectivity index (χ3v) is 25.3. The van der Waals surface area contributed by atoms with Crippen LogP contribution in [0, 0.1) is 74.1 Å². The molecule has 0 amide bonds. The van der Waals surface area contributed by atoms with Gasteiger partial charge in [0.15, 0.2) is 58.9 Å². The Hall–Kier alpha value is -13.4. The van der Waals surface area contributed by atoms with Crippen LogP contribution in [-0.2, 0) is 86.4 Å². The summed E-state index contributed by atoms with van der Waals surface area (Å²) in [5.74, 6) is 1.53. The van der Waals surface area contributed by atoms with Crippen LogP contribution >= 0.6 is 0 Å². The van der Waals surface area contributed by atoms with Gasteiger partial charge in [0, 0.05) is 154 Å². The third kappa shape index (κ3) is 18.0. The van der Waals surface area contributed by atoms with Gasteiger partial charge in [-0.15, -0.1) is 0 Å². The van der Waals surface area contributed by atoms with Gasteiger partial charge in [0.25, 0.3) is 0 Å². The van der Waals surface area contributed by atoms with Gasteiger partial charge in [-0.2, -0.15) is 0 Å². The van der Waals surface area contributed by atoms with Gasteiger partial charge in [-0.25, -0.2) is 47.8 Å². The molecular weight excluding hydrogens is 1630 g/mol. The number of rotatable bonds is 16. The fourth-order valence-corrected chi connectivity index (χ4v) is 18.5. The molecule has 0 radical (unpaired) electrons. The van der Waals surface area contributed by atoms with Crippen LogP contribution < -0.4 is 22.8 Å². The monoisotopic (exact) mass is 1760 g/mol. The van der Waals surface area contributed by atoms with Crippen LogP contribution in [0.3, 0.4) is 0 Å². The second-order valence-electron chi connectivity index (χ2n) is 36.4. The van der Waals surface area contributed by atoms with E-state index in [-0.39, 0.29) is 5.92 Å². The Morgan fingerprint density at radius 1 is 0.273 bits per heavy atom. The molecule has 0 spiro atoms. The Balaban J connectivity index is 0.000000128. The fourth-order valence-electron chi connectivity index (χ4n) is 18.5. The van der Waals surface area contributed by atoms with Crippen molar-refractivity contribution in [1.29, 1.82) is 0 Å². The lowest BCUT2D eigenvalue weighted by Crippen LogP contribution is -2.32. The van der Waals surface area contributed by atoms with Crippen molar-refractivity contribution in [2.24, 2.45) is 47.1 Å². The quantitative estimate of drug-likeness (QED) is 0.0856. The first kappa shape index (κ1) is 79.5. The van der Waals surface area contributed by atoms with Gasteiger partial charge in [0.1, 0.15) is 35.2 Å². The molecule has 672 valence electrons. The Kier molecular flexibility index (Phi) is 23.0. The van der Waals surface area contributed by atoms with Gasteiger partial charge in [0.05, 0.1) is 27.8 Å². The number of fused-ring (bicyclic) bond motifs is 15. The van der Waals surface area contributed by atoms with Gasteiger partial charge in [0.2, 0.25) is 57.0 Å². The van der Waals surface area contributed by atoms with E-state index in [4.69, 9.17) is 40.8 Å². The minimum Gasteiger partial charge on any atom is -0.437 e. The summed E-state index contributed by atoms with van der Waals surface area (Å²) in [5, 5.41) is 10.2. The van der Waals surface area contributed by atoms with Gasteiger partial charge in [-0.3, -0.25) is 0 Å². The summed E-state index contributed by atoms with van der Waals surface area (Å²) in [5.41, 5.74) is 33.1. The normalized spacial score (nSPS) is 13.4. The van der Waals surface area contributed by atoms with Crippen molar-refractivity contribution in [1.82, 2.24) is 24.9 Å². The molecule has 0 aliphatic heterocycles. The van der Waals surface area contributed by atoms with Crippen LogP contribution in [0.2, 0.25) is 0 Å². The lowest BCUT2D eigenvalue weighted by atomic mass is 9.94. The summed E-state index contributed by atoms with van der Waals surface area (Å²) in [4.78, 5) is 22.9. The number of nitrogens with zero attached hydrogens (tertiary/aromatic N) is 10. The fraction of sp³-hybridized carbons (Fsp3) is 0.316. The number of aromatic nitrogens is 10. The van der Waals surface area contributed by atoms with Crippen molar-refractivity contribution in [2.75, 3.05) is 0 Å². The zero-order valence-electron chi connectivity index (χ0n) is 91.3. The predicted octanol–water partition coefficient (Wildman–Crippen LogP) is 27.0. The molecule has 5 aromatic carbocycles. The molecule has 0 saturated carbocycles. The van der Waals surface area contributed by atoms with Crippen LogP contribution in [0.1, 0.15) is 204 Å². The highest BCUT2D eigenvalue weighted by molar-refractivity contribution is 6.13. The molecule has 20 aromatic rings. The number of hydrogen-bond donors (Lipinski definition) is 0. The van der Waals surface area contributed by atoms with Crippen molar-refractivity contribution in [3.63, 3.8) is 0 Å². The summed E-state index contributed by atoms with van der Waals surface area (Å²) in [6.45, 7) is 40.9. The van der Waals surface area contributed by atoms with Gasteiger partial charge >= 0.3 is 0 Å². The molecule has 0 saturated heterocycles. The van der Waals surface area contributed by atoms with Crippen LogP contribution in [0.15, 0.2) is 217 Å². The van der Waals surface area contributed by atoms with E-state index < -0.39 is 31.9 Å². The number of furan rings is 5. The second-order valence-corrected chi connectivity index (χ2v) is 36.4. The molecule has 0 atom stereocenters. The third-order valence-electron chi connectivity index (χ3n) is 25.3. The first-order valence-electron chi connectivity index (χ1n) is 50.9. The summed E-state index contributed by atoms with van der Waals surface area (Å²) in [6.07, 6.45) is 4.83. The molecule has 15 aromatic heterocycles. The average Bonchev–Trinajstić information content (AvgIpc) is 1.57. The SMILES string of the molecule is CCc1ccc2c(n1)oc1c(-c3ccc(CC(C)C)c[n+]3C)c(C)ccc12.Cc1ccc2c(n1)oc1c(-c3ccc(CC(C)C)c[n+]3C)c(C)ccc12.[2H]C([2H])(C)c1cc(-c2c(C)ccc3c2oc2nc(C)ccc23)[n+](C)cc1C(C)C.[2H]C([2H])(C)c1cc(-c2c(C)ccc3c2oc2nc(C)ccc23)[n+](C)cc1C([2H])([2H])C.[2H]C([2H])(C)c1cc(-c2c(C)ccc3c2oc2nc(C)ccc23)[n+](C)cc1C([2H])([2H])C. The smallest absolute Gasteiger partial charge is 0.227 e. The molecule has 0 unspecified atom stereocenters. The highest BCUT2D eigenvalue weighted by Crippen LogP contribution is 2.44. The van der Waals surface area contributed by atoms with Crippen molar-refractivity contribution in [2.45, 2.75) is 202 Å². The van der Waals surface area contributed by atoms with E-state index >= 15 is 0 Å². The molecule has 0 aliphatic carbocycles. The molecule has 0 fully saturated rings. The van der Waals surface area contributed by atoms with E-state index in [1.54, 1.807) is 31.5 Å². The highest BCUT2D eigenvalue weighted by atomic mass is 16.4. The van der Waals surface area contributed by atoms with E-state index in [1.807, 2.05) is 139 Å². The Morgan fingerprint density at radius 3 is 0.803 bits per heavy atom. The highest BCUT2D eigenvalue weighted by Gasteiger charge is 2.30. The molecule has 0 bridgehead atoms. The molecule has 0 N–H and O–H groups in total. The maximum atomic E-state index is 8.39. The molecule has 0 aliphatic rings. The number of pyridine rings is 10. The summed E-state index contributed by atoms with van der Waals surface area (Å²) >= 11 is 0. The van der Waals surface area contributed by atoms with Crippen LogP contribution in [0.4, 0.5) is 0 Å². The maximum Gasteiger partial charge on any atom is 0.227 e. The molecule has 20 rings (SSSR count). The summed E-state index contributed by atoms with van der Waals surface area (Å²) < 4.78 is 124. The van der Waals surface area contributed by atoms with Crippen molar-refractivity contribution in [3.05, 3.63) is 296 Å². The largest absolute Gasteiger partial charge is 0.437 e.